The Balaban J connectivity index is 2.51. The molecule has 0 aliphatic heterocycles. The molecule has 4 heteroatoms. The number of carbonyl (C=O) groups is 1. The van der Waals surface area contributed by atoms with Crippen LogP contribution in [-0.4, -0.2) is 19.5 Å². The molecule has 0 aliphatic carbocycles. The molecule has 1 aromatic rings. The summed E-state index contributed by atoms with van der Waals surface area (Å²) in [5.41, 5.74) is 7.71. The van der Waals surface area contributed by atoms with Crippen molar-refractivity contribution in [3.63, 3.8) is 0 Å². The standard InChI is InChI=1S/C13H21N3O/c1-10(2)8-15-13(17)12-6-4-11(5-7-12)9-16-14-3/h4-7,10,14,16H,8-9H2,1-3H3,(H,15,17). The Bertz CT molecular complexity index is 346. The van der Waals surface area contributed by atoms with Gasteiger partial charge < -0.3 is 5.32 Å². The lowest BCUT2D eigenvalue weighted by atomic mass is 10.1. The molecule has 0 aliphatic rings. The molecule has 0 fully saturated rings. The number of benzene rings is 1. The zero-order valence-corrected chi connectivity index (χ0v) is 10.7. The Morgan fingerprint density at radius 1 is 1.24 bits per heavy atom. The quantitative estimate of drug-likeness (QED) is 0.651. The van der Waals surface area contributed by atoms with Crippen LogP contribution in [0.25, 0.3) is 0 Å². The highest BCUT2D eigenvalue weighted by Crippen LogP contribution is 2.04. The van der Waals surface area contributed by atoms with Crippen LogP contribution in [0.2, 0.25) is 0 Å². The summed E-state index contributed by atoms with van der Waals surface area (Å²) in [6, 6.07) is 7.61. The van der Waals surface area contributed by atoms with Gasteiger partial charge in [0.05, 0.1) is 0 Å². The van der Waals surface area contributed by atoms with E-state index in [4.69, 9.17) is 0 Å². The highest BCUT2D eigenvalue weighted by Gasteiger charge is 2.05. The Morgan fingerprint density at radius 2 is 1.88 bits per heavy atom. The first-order valence-electron chi connectivity index (χ1n) is 5.90. The maximum absolute atomic E-state index is 11.7. The van der Waals surface area contributed by atoms with E-state index in [0.29, 0.717) is 18.0 Å². The summed E-state index contributed by atoms with van der Waals surface area (Å²) < 4.78 is 0. The molecule has 1 aromatic carbocycles. The van der Waals surface area contributed by atoms with Gasteiger partial charge in [0.1, 0.15) is 0 Å². The molecule has 0 atom stereocenters. The van der Waals surface area contributed by atoms with Crippen molar-refractivity contribution in [1.82, 2.24) is 16.2 Å². The van der Waals surface area contributed by atoms with Gasteiger partial charge in [-0.15, -0.1) is 0 Å². The van der Waals surface area contributed by atoms with Crippen LogP contribution in [0.15, 0.2) is 24.3 Å². The number of amides is 1. The van der Waals surface area contributed by atoms with Gasteiger partial charge in [-0.1, -0.05) is 26.0 Å². The van der Waals surface area contributed by atoms with E-state index in [1.807, 2.05) is 31.3 Å². The van der Waals surface area contributed by atoms with Gasteiger partial charge in [0.2, 0.25) is 0 Å². The Morgan fingerprint density at radius 3 is 2.41 bits per heavy atom. The average Bonchev–Trinajstić information content (AvgIpc) is 2.34. The summed E-state index contributed by atoms with van der Waals surface area (Å²) in [7, 11) is 1.83. The second kappa shape index (κ2) is 7.04. The zero-order valence-electron chi connectivity index (χ0n) is 10.7. The first-order chi connectivity index (χ1) is 8.13. The van der Waals surface area contributed by atoms with Gasteiger partial charge in [-0.2, -0.15) is 0 Å². The van der Waals surface area contributed by atoms with E-state index in [1.54, 1.807) is 0 Å². The number of rotatable bonds is 6. The van der Waals surface area contributed by atoms with Gasteiger partial charge in [0, 0.05) is 18.7 Å². The molecule has 4 nitrogen and oxygen atoms in total. The van der Waals surface area contributed by atoms with Crippen LogP contribution in [0.5, 0.6) is 0 Å². The maximum Gasteiger partial charge on any atom is 0.251 e. The van der Waals surface area contributed by atoms with Gasteiger partial charge in [0.25, 0.3) is 5.91 Å². The van der Waals surface area contributed by atoms with Crippen LogP contribution < -0.4 is 16.2 Å². The van der Waals surface area contributed by atoms with E-state index in [2.05, 4.69) is 30.0 Å². The highest BCUT2D eigenvalue weighted by molar-refractivity contribution is 5.94. The molecule has 0 heterocycles. The molecule has 17 heavy (non-hydrogen) atoms. The minimum absolute atomic E-state index is 0.00757. The lowest BCUT2D eigenvalue weighted by Crippen LogP contribution is -2.28. The summed E-state index contributed by atoms with van der Waals surface area (Å²) in [5.74, 6) is 0.463. The summed E-state index contributed by atoms with van der Waals surface area (Å²) in [6.07, 6.45) is 0. The Hall–Kier alpha value is -1.39. The van der Waals surface area contributed by atoms with Crippen LogP contribution in [-0.2, 0) is 6.54 Å². The minimum atomic E-state index is -0.00757. The van der Waals surface area contributed by atoms with Crippen LogP contribution in [0, 0.1) is 5.92 Å². The molecule has 0 unspecified atom stereocenters. The van der Waals surface area contributed by atoms with Crippen molar-refractivity contribution in [2.75, 3.05) is 13.6 Å². The van der Waals surface area contributed by atoms with Crippen LogP contribution in [0.1, 0.15) is 29.8 Å². The van der Waals surface area contributed by atoms with E-state index >= 15 is 0 Å². The second-order valence-corrected chi connectivity index (χ2v) is 4.40. The van der Waals surface area contributed by atoms with Crippen molar-refractivity contribution < 1.29 is 4.79 Å². The summed E-state index contributed by atoms with van der Waals surface area (Å²) in [6.45, 7) is 5.60. The van der Waals surface area contributed by atoms with E-state index in [-0.39, 0.29) is 5.91 Å². The predicted molar refractivity (Wildman–Crippen MR) is 69.5 cm³/mol. The van der Waals surface area contributed by atoms with Gasteiger partial charge in [0.15, 0.2) is 0 Å². The molecule has 0 bridgehead atoms. The Kier molecular flexibility index (Phi) is 5.66. The molecule has 0 radical (unpaired) electrons. The van der Waals surface area contributed by atoms with Crippen molar-refractivity contribution in [1.29, 1.82) is 0 Å². The van der Waals surface area contributed by atoms with E-state index in [0.717, 1.165) is 12.1 Å². The van der Waals surface area contributed by atoms with Gasteiger partial charge >= 0.3 is 0 Å². The fourth-order valence-electron chi connectivity index (χ4n) is 1.36. The van der Waals surface area contributed by atoms with Gasteiger partial charge in [-0.3, -0.25) is 15.6 Å². The first-order valence-corrected chi connectivity index (χ1v) is 5.90. The van der Waals surface area contributed by atoms with E-state index in [1.165, 1.54) is 0 Å². The number of carbonyl (C=O) groups excluding carboxylic acids is 1. The molecule has 1 amide bonds. The third-order valence-electron chi connectivity index (χ3n) is 2.36. The topological polar surface area (TPSA) is 53.2 Å². The lowest BCUT2D eigenvalue weighted by molar-refractivity contribution is 0.0949. The van der Waals surface area contributed by atoms with E-state index < -0.39 is 0 Å². The SMILES string of the molecule is CNNCc1ccc(C(=O)NCC(C)C)cc1. The fraction of sp³-hybridized carbons (Fsp3) is 0.462. The number of hydrazine groups is 1. The van der Waals surface area contributed by atoms with Crippen molar-refractivity contribution in [3.8, 4) is 0 Å². The Labute approximate surface area is 103 Å². The molecule has 0 spiro atoms. The minimum Gasteiger partial charge on any atom is -0.352 e. The second-order valence-electron chi connectivity index (χ2n) is 4.40. The summed E-state index contributed by atoms with van der Waals surface area (Å²) in [4.78, 5) is 11.7. The molecule has 0 saturated heterocycles. The third kappa shape index (κ3) is 4.97. The molecule has 0 aromatic heterocycles. The number of hydrogen-bond donors (Lipinski definition) is 3. The number of hydrogen-bond acceptors (Lipinski definition) is 3. The molecule has 3 N–H and O–H groups in total. The molecule has 1 rings (SSSR count). The van der Waals surface area contributed by atoms with Crippen molar-refractivity contribution in [2.45, 2.75) is 20.4 Å². The summed E-state index contributed by atoms with van der Waals surface area (Å²) in [5, 5.41) is 2.89. The van der Waals surface area contributed by atoms with Crippen LogP contribution in [0.4, 0.5) is 0 Å². The van der Waals surface area contributed by atoms with E-state index in [9.17, 15) is 4.79 Å². The molecule has 94 valence electrons. The molecular weight excluding hydrogens is 214 g/mol. The largest absolute Gasteiger partial charge is 0.352 e. The summed E-state index contributed by atoms with van der Waals surface area (Å²) >= 11 is 0. The predicted octanol–water partition coefficient (Wildman–Crippen LogP) is 1.30. The van der Waals surface area contributed by atoms with Crippen LogP contribution >= 0.6 is 0 Å². The van der Waals surface area contributed by atoms with Crippen molar-refractivity contribution in [2.24, 2.45) is 5.92 Å². The molecule has 0 saturated carbocycles. The molecular formula is C13H21N3O. The van der Waals surface area contributed by atoms with Crippen LogP contribution in [0.3, 0.4) is 0 Å². The van der Waals surface area contributed by atoms with Crippen molar-refractivity contribution >= 4 is 5.91 Å². The van der Waals surface area contributed by atoms with Gasteiger partial charge in [-0.05, 0) is 30.7 Å². The first kappa shape index (κ1) is 13.7. The monoisotopic (exact) mass is 235 g/mol. The lowest BCUT2D eigenvalue weighted by Gasteiger charge is -2.08. The zero-order chi connectivity index (χ0) is 12.7. The average molecular weight is 235 g/mol. The number of nitrogens with one attached hydrogen (secondary N) is 3. The smallest absolute Gasteiger partial charge is 0.251 e. The third-order valence-corrected chi connectivity index (χ3v) is 2.36. The normalized spacial score (nSPS) is 10.6. The van der Waals surface area contributed by atoms with Crippen molar-refractivity contribution in [3.05, 3.63) is 35.4 Å². The fourth-order valence-corrected chi connectivity index (χ4v) is 1.36. The van der Waals surface area contributed by atoms with Gasteiger partial charge in [-0.25, -0.2) is 0 Å². The highest BCUT2D eigenvalue weighted by atomic mass is 16.1. The maximum atomic E-state index is 11.7.